The fraction of sp³-hybridized carbons (Fsp3) is 0.450. The Kier molecular flexibility index (Phi) is 8.53. The van der Waals surface area contributed by atoms with Gasteiger partial charge >= 0.3 is 5.97 Å². The van der Waals surface area contributed by atoms with Crippen LogP contribution in [0.3, 0.4) is 0 Å². The molecule has 32 heavy (non-hydrogen) atoms. The highest BCUT2D eigenvalue weighted by atomic mass is 16.4. The number of aromatic hydroxyl groups is 1. The van der Waals surface area contributed by atoms with Gasteiger partial charge in [-0.05, 0) is 37.0 Å². The summed E-state index contributed by atoms with van der Waals surface area (Å²) in [7, 11) is 0. The molecule has 1 aliphatic rings. The molecule has 8 N–H and O–H groups in total. The summed E-state index contributed by atoms with van der Waals surface area (Å²) in [5.74, 6) is -4.05. The van der Waals surface area contributed by atoms with Crippen molar-refractivity contribution < 1.29 is 34.2 Å². The fourth-order valence-electron chi connectivity index (χ4n) is 3.41. The van der Waals surface area contributed by atoms with Crippen molar-refractivity contribution in [3.63, 3.8) is 0 Å². The van der Waals surface area contributed by atoms with E-state index in [0.717, 1.165) is 4.90 Å². The number of nitrogens with one attached hydrogen (secondary N) is 2. The molecule has 1 aliphatic heterocycles. The summed E-state index contributed by atoms with van der Waals surface area (Å²) in [5.41, 5.74) is 11.7. The average molecular weight is 449 g/mol. The highest BCUT2D eigenvalue weighted by molar-refractivity contribution is 5.95. The van der Waals surface area contributed by atoms with Crippen molar-refractivity contribution in [1.82, 2.24) is 15.5 Å². The maximum atomic E-state index is 12.7. The van der Waals surface area contributed by atoms with E-state index in [1.165, 1.54) is 12.1 Å². The van der Waals surface area contributed by atoms with Crippen LogP contribution in [0.15, 0.2) is 24.3 Å². The molecule has 4 amide bonds. The molecule has 3 unspecified atom stereocenters. The summed E-state index contributed by atoms with van der Waals surface area (Å²) in [6, 6.07) is 2.79. The molecule has 0 spiro atoms. The number of phenolic OH excluding ortho intramolecular Hbond substituents is 1. The van der Waals surface area contributed by atoms with Gasteiger partial charge in [0.2, 0.25) is 23.6 Å². The average Bonchev–Trinajstić information content (AvgIpc) is 3.22. The number of carboxylic acids is 1. The lowest BCUT2D eigenvalue weighted by molar-refractivity contribution is -0.149. The second-order valence-electron chi connectivity index (χ2n) is 7.51. The van der Waals surface area contributed by atoms with Crippen LogP contribution in [0.25, 0.3) is 0 Å². The molecule has 0 saturated carbocycles. The standard InChI is InChI=1S/C20H27N5O7/c21-13(8-11-3-5-12(26)6-4-11)18(29)23-10-17(28)24-14(9-16(22)27)19(30)25-7-1-2-15(25)20(31)32/h3-6,13-15,26H,1-2,7-10,21H2,(H2,22,27)(H,23,29)(H,24,28)(H,31,32). The fourth-order valence-corrected chi connectivity index (χ4v) is 3.41. The first-order valence-corrected chi connectivity index (χ1v) is 10.0. The van der Waals surface area contributed by atoms with Gasteiger partial charge in [0, 0.05) is 6.54 Å². The van der Waals surface area contributed by atoms with Gasteiger partial charge in [-0.25, -0.2) is 4.79 Å². The van der Waals surface area contributed by atoms with Gasteiger partial charge in [-0.3, -0.25) is 19.2 Å². The van der Waals surface area contributed by atoms with Gasteiger partial charge in [-0.15, -0.1) is 0 Å². The third kappa shape index (κ3) is 6.94. The number of primary amides is 1. The topological polar surface area (TPSA) is 205 Å². The van der Waals surface area contributed by atoms with Gasteiger partial charge in [0.15, 0.2) is 0 Å². The third-order valence-corrected chi connectivity index (χ3v) is 5.01. The molecule has 1 aromatic rings. The predicted octanol–water partition coefficient (Wildman–Crippen LogP) is -2.19. The second kappa shape index (κ2) is 11.1. The second-order valence-corrected chi connectivity index (χ2v) is 7.51. The highest BCUT2D eigenvalue weighted by Gasteiger charge is 2.38. The van der Waals surface area contributed by atoms with Crippen LogP contribution in [-0.4, -0.2) is 75.9 Å². The predicted molar refractivity (Wildman–Crippen MR) is 111 cm³/mol. The van der Waals surface area contributed by atoms with Crippen LogP contribution in [0.4, 0.5) is 0 Å². The Labute approximate surface area is 183 Å². The monoisotopic (exact) mass is 449 g/mol. The van der Waals surface area contributed by atoms with Crippen molar-refractivity contribution in [2.45, 2.75) is 43.8 Å². The van der Waals surface area contributed by atoms with Crippen LogP contribution >= 0.6 is 0 Å². The molecule has 2 rings (SSSR count). The summed E-state index contributed by atoms with van der Waals surface area (Å²) in [4.78, 5) is 60.9. The quantitative estimate of drug-likeness (QED) is 0.231. The Morgan fingerprint density at radius 2 is 1.81 bits per heavy atom. The van der Waals surface area contributed by atoms with E-state index in [4.69, 9.17) is 11.5 Å². The lowest BCUT2D eigenvalue weighted by Crippen LogP contribution is -2.54. The Morgan fingerprint density at radius 3 is 2.41 bits per heavy atom. The molecule has 12 nitrogen and oxygen atoms in total. The van der Waals surface area contributed by atoms with Gasteiger partial charge in [-0.2, -0.15) is 0 Å². The molecular weight excluding hydrogens is 422 g/mol. The molecule has 1 saturated heterocycles. The van der Waals surface area contributed by atoms with E-state index in [9.17, 15) is 34.2 Å². The first kappa shape index (κ1) is 24.6. The number of likely N-dealkylation sites (tertiary alicyclic amines) is 1. The molecule has 174 valence electrons. The van der Waals surface area contributed by atoms with Crippen LogP contribution in [0.1, 0.15) is 24.8 Å². The molecule has 0 bridgehead atoms. The normalized spacial score (nSPS) is 17.3. The Bertz CT molecular complexity index is 874. The number of benzene rings is 1. The van der Waals surface area contributed by atoms with Crippen LogP contribution < -0.4 is 22.1 Å². The summed E-state index contributed by atoms with van der Waals surface area (Å²) in [5, 5.41) is 23.2. The number of rotatable bonds is 10. The van der Waals surface area contributed by atoms with Gasteiger partial charge in [0.25, 0.3) is 0 Å². The summed E-state index contributed by atoms with van der Waals surface area (Å²) in [6.07, 6.45) is 0.409. The number of carbonyl (C=O) groups is 5. The lowest BCUT2D eigenvalue weighted by atomic mass is 10.1. The van der Waals surface area contributed by atoms with E-state index in [1.54, 1.807) is 12.1 Å². The van der Waals surface area contributed by atoms with Crippen LogP contribution in [0, 0.1) is 0 Å². The lowest BCUT2D eigenvalue weighted by Gasteiger charge is -2.26. The number of hydrogen-bond acceptors (Lipinski definition) is 7. The number of nitrogens with two attached hydrogens (primary N) is 2. The third-order valence-electron chi connectivity index (χ3n) is 5.01. The minimum atomic E-state index is -1.34. The zero-order chi connectivity index (χ0) is 23.8. The highest BCUT2D eigenvalue weighted by Crippen LogP contribution is 2.19. The first-order chi connectivity index (χ1) is 15.1. The molecule has 1 fully saturated rings. The number of hydrogen-bond donors (Lipinski definition) is 6. The van der Waals surface area contributed by atoms with Gasteiger partial charge < -0.3 is 37.2 Å². The summed E-state index contributed by atoms with van der Waals surface area (Å²) in [6.45, 7) is -0.323. The van der Waals surface area contributed by atoms with E-state index in [-0.39, 0.29) is 25.1 Å². The van der Waals surface area contributed by atoms with Crippen LogP contribution in [0.5, 0.6) is 5.75 Å². The first-order valence-electron chi connectivity index (χ1n) is 10.0. The Balaban J connectivity index is 1.91. The number of carbonyl (C=O) groups excluding carboxylic acids is 4. The van der Waals surface area contributed by atoms with E-state index >= 15 is 0 Å². The summed E-state index contributed by atoms with van der Waals surface area (Å²) >= 11 is 0. The number of phenols is 1. The smallest absolute Gasteiger partial charge is 0.326 e. The minimum absolute atomic E-state index is 0.0760. The van der Waals surface area contributed by atoms with Crippen molar-refractivity contribution >= 4 is 29.6 Å². The van der Waals surface area contributed by atoms with Gasteiger partial charge in [-0.1, -0.05) is 12.1 Å². The zero-order valence-corrected chi connectivity index (χ0v) is 17.3. The molecule has 3 atom stereocenters. The number of carboxylic acid groups (broad SMARTS) is 1. The van der Waals surface area contributed by atoms with E-state index in [0.29, 0.717) is 12.0 Å². The minimum Gasteiger partial charge on any atom is -0.508 e. The number of amides is 4. The Morgan fingerprint density at radius 1 is 1.16 bits per heavy atom. The van der Waals surface area contributed by atoms with Crippen molar-refractivity contribution in [1.29, 1.82) is 0 Å². The molecule has 0 aromatic heterocycles. The van der Waals surface area contributed by atoms with Crippen LogP contribution in [0.2, 0.25) is 0 Å². The van der Waals surface area contributed by atoms with Gasteiger partial charge in [0.05, 0.1) is 19.0 Å². The maximum absolute atomic E-state index is 12.7. The molecule has 0 aliphatic carbocycles. The number of aliphatic carboxylic acids is 1. The Hall–Kier alpha value is -3.67. The molecule has 1 aromatic carbocycles. The summed E-state index contributed by atoms with van der Waals surface area (Å²) < 4.78 is 0. The van der Waals surface area contributed by atoms with E-state index in [2.05, 4.69) is 10.6 Å². The molecule has 1 heterocycles. The van der Waals surface area contributed by atoms with Crippen molar-refractivity contribution in [3.8, 4) is 5.75 Å². The van der Waals surface area contributed by atoms with Crippen molar-refractivity contribution in [3.05, 3.63) is 29.8 Å². The van der Waals surface area contributed by atoms with Gasteiger partial charge in [0.1, 0.15) is 17.8 Å². The molecule has 0 radical (unpaired) electrons. The zero-order valence-electron chi connectivity index (χ0n) is 17.3. The van der Waals surface area contributed by atoms with Crippen molar-refractivity contribution in [2.24, 2.45) is 11.5 Å². The van der Waals surface area contributed by atoms with Crippen molar-refractivity contribution in [2.75, 3.05) is 13.1 Å². The largest absolute Gasteiger partial charge is 0.508 e. The van der Waals surface area contributed by atoms with E-state index < -0.39 is 60.7 Å². The molecular formula is C20H27N5O7. The number of nitrogens with zero attached hydrogens (tertiary/aromatic N) is 1. The maximum Gasteiger partial charge on any atom is 0.326 e. The van der Waals surface area contributed by atoms with Crippen LogP contribution in [-0.2, 0) is 30.4 Å². The SMILES string of the molecule is NC(=O)CC(NC(=O)CNC(=O)C(N)Cc1ccc(O)cc1)C(=O)N1CCCC1C(=O)O. The van der Waals surface area contributed by atoms with E-state index in [1.807, 2.05) is 0 Å². The molecule has 12 heteroatoms.